The maximum absolute atomic E-state index is 12.3. The zero-order valence-corrected chi connectivity index (χ0v) is 16.3. The Morgan fingerprint density at radius 2 is 2.00 bits per heavy atom. The molecule has 0 atom stereocenters. The van der Waals surface area contributed by atoms with E-state index in [0.29, 0.717) is 10.6 Å². The van der Waals surface area contributed by atoms with Gasteiger partial charge in [-0.1, -0.05) is 38.1 Å². The van der Waals surface area contributed by atoms with Gasteiger partial charge in [0.1, 0.15) is 16.1 Å². The largest absolute Gasteiger partial charge is 0.316 e. The van der Waals surface area contributed by atoms with Crippen LogP contribution in [0.5, 0.6) is 0 Å². The lowest BCUT2D eigenvalue weighted by Gasteiger charge is -2.01. The topological polar surface area (TPSA) is 65.8 Å². The molecule has 4 nitrogen and oxygen atoms in total. The van der Waals surface area contributed by atoms with E-state index < -0.39 is 0 Å². The van der Waals surface area contributed by atoms with Gasteiger partial charge in [0.25, 0.3) is 0 Å². The third-order valence-electron chi connectivity index (χ3n) is 4.01. The van der Waals surface area contributed by atoms with E-state index >= 15 is 0 Å². The minimum Gasteiger partial charge on any atom is -0.316 e. The van der Waals surface area contributed by atoms with Crippen LogP contribution in [0.25, 0.3) is 10.6 Å². The lowest BCUT2D eigenvalue weighted by Crippen LogP contribution is -2.14. The minimum atomic E-state index is -0.149. The number of rotatable bonds is 6. The van der Waals surface area contributed by atoms with Gasteiger partial charge in [0, 0.05) is 15.8 Å². The van der Waals surface area contributed by atoms with E-state index in [1.807, 2.05) is 18.4 Å². The van der Waals surface area contributed by atoms with Crippen molar-refractivity contribution < 1.29 is 4.79 Å². The lowest BCUT2D eigenvalue weighted by molar-refractivity contribution is -0.115. The molecule has 3 aromatic rings. The molecule has 0 fully saturated rings. The van der Waals surface area contributed by atoms with Crippen molar-refractivity contribution in [2.75, 3.05) is 5.32 Å². The first-order valence-electron chi connectivity index (χ1n) is 8.49. The summed E-state index contributed by atoms with van der Waals surface area (Å²) >= 11 is 3.00. The third-order valence-corrected chi connectivity index (χ3v) is 6.14. The number of hydrogen-bond donors (Lipinski definition) is 1. The second kappa shape index (κ2) is 8.26. The fourth-order valence-electron chi connectivity index (χ4n) is 2.53. The average molecular weight is 382 g/mol. The van der Waals surface area contributed by atoms with E-state index in [1.54, 1.807) is 0 Å². The second-order valence-electron chi connectivity index (χ2n) is 5.84. The van der Waals surface area contributed by atoms with Gasteiger partial charge in [-0.3, -0.25) is 4.79 Å². The number of amides is 1. The van der Waals surface area contributed by atoms with Crippen LogP contribution in [0.4, 0.5) is 5.00 Å². The van der Waals surface area contributed by atoms with Gasteiger partial charge >= 0.3 is 0 Å². The van der Waals surface area contributed by atoms with E-state index in [9.17, 15) is 10.1 Å². The average Bonchev–Trinajstić information content (AvgIpc) is 3.28. The van der Waals surface area contributed by atoms with Gasteiger partial charge in [-0.2, -0.15) is 5.26 Å². The summed E-state index contributed by atoms with van der Waals surface area (Å²) in [6.45, 7) is 4.16. The summed E-state index contributed by atoms with van der Waals surface area (Å²) in [5.74, 6) is -0.149. The first-order chi connectivity index (χ1) is 12.6. The van der Waals surface area contributed by atoms with Crippen LogP contribution in [-0.2, 0) is 24.1 Å². The highest BCUT2D eigenvalue weighted by Crippen LogP contribution is 2.28. The van der Waals surface area contributed by atoms with Crippen molar-refractivity contribution >= 4 is 33.6 Å². The fraction of sp³-hybridized carbons (Fsp3) is 0.250. The molecule has 0 bridgehead atoms. The predicted molar refractivity (Wildman–Crippen MR) is 108 cm³/mol. The molecule has 0 saturated heterocycles. The molecule has 0 aliphatic heterocycles. The molecule has 26 heavy (non-hydrogen) atoms. The van der Waals surface area contributed by atoms with Crippen LogP contribution in [0.3, 0.4) is 0 Å². The second-order valence-corrected chi connectivity index (χ2v) is 7.84. The molecule has 0 unspecified atom stereocenters. The summed E-state index contributed by atoms with van der Waals surface area (Å²) in [5.41, 5.74) is 3.63. The van der Waals surface area contributed by atoms with Crippen LogP contribution in [0, 0.1) is 11.3 Å². The predicted octanol–water partition coefficient (Wildman–Crippen LogP) is 5.05. The van der Waals surface area contributed by atoms with Gasteiger partial charge in [0.05, 0.1) is 17.7 Å². The summed E-state index contributed by atoms with van der Waals surface area (Å²) in [4.78, 5) is 18.0. The maximum Gasteiger partial charge on any atom is 0.231 e. The Morgan fingerprint density at radius 3 is 2.65 bits per heavy atom. The number of nitrogens with zero attached hydrogens (tertiary/aromatic N) is 2. The number of nitrogens with one attached hydrogen (secondary N) is 1. The minimum absolute atomic E-state index is 0.149. The molecule has 0 saturated carbocycles. The smallest absolute Gasteiger partial charge is 0.231 e. The molecule has 1 aromatic carbocycles. The molecule has 1 N–H and O–H groups in total. The summed E-state index contributed by atoms with van der Waals surface area (Å²) in [7, 11) is 0. The quantitative estimate of drug-likeness (QED) is 0.650. The van der Waals surface area contributed by atoms with Gasteiger partial charge in [-0.05, 0) is 24.5 Å². The summed E-state index contributed by atoms with van der Waals surface area (Å²) < 4.78 is 0. The number of aromatic nitrogens is 1. The van der Waals surface area contributed by atoms with E-state index in [-0.39, 0.29) is 12.3 Å². The monoisotopic (exact) mass is 381 g/mol. The van der Waals surface area contributed by atoms with Crippen molar-refractivity contribution in [3.63, 3.8) is 0 Å². The normalized spacial score (nSPS) is 10.5. The standard InChI is InChI=1S/C20H19N3OS2/c1-3-13-5-7-14(8-6-13)19-22-16(12-25-19)10-18(24)23-20-15(11-21)9-17(4-2)26-20/h5-9,12H,3-4,10H2,1-2H3,(H,23,24). The number of carbonyl (C=O) groups excluding carboxylic acids is 1. The third kappa shape index (κ3) is 4.18. The Hall–Kier alpha value is -2.49. The summed E-state index contributed by atoms with van der Waals surface area (Å²) in [6.07, 6.45) is 2.06. The van der Waals surface area contributed by atoms with Crippen LogP contribution >= 0.6 is 22.7 Å². The molecule has 0 aliphatic carbocycles. The zero-order chi connectivity index (χ0) is 18.5. The van der Waals surface area contributed by atoms with Gasteiger partial charge in [0.15, 0.2) is 0 Å². The van der Waals surface area contributed by atoms with Crippen LogP contribution in [0.2, 0.25) is 0 Å². The van der Waals surface area contributed by atoms with Gasteiger partial charge < -0.3 is 5.32 Å². The summed E-state index contributed by atoms with van der Waals surface area (Å²) in [5, 5.41) is 15.5. The SMILES string of the molecule is CCc1ccc(-c2nc(CC(=O)Nc3sc(CC)cc3C#N)cs2)cc1. The molecule has 1 amide bonds. The molecule has 0 spiro atoms. The zero-order valence-electron chi connectivity index (χ0n) is 14.7. The Bertz CT molecular complexity index is 948. The highest BCUT2D eigenvalue weighted by atomic mass is 32.1. The van der Waals surface area contributed by atoms with Crippen LogP contribution in [0.1, 0.15) is 35.5 Å². The van der Waals surface area contributed by atoms with Crippen LogP contribution in [0.15, 0.2) is 35.7 Å². The van der Waals surface area contributed by atoms with E-state index in [0.717, 1.165) is 34.0 Å². The number of thiazole rings is 1. The molecule has 0 radical (unpaired) electrons. The van der Waals surface area contributed by atoms with Gasteiger partial charge in [-0.15, -0.1) is 22.7 Å². The van der Waals surface area contributed by atoms with Crippen molar-refractivity contribution in [3.05, 3.63) is 57.4 Å². The Morgan fingerprint density at radius 1 is 1.23 bits per heavy atom. The number of aryl methyl sites for hydroxylation is 2. The molecule has 2 aromatic heterocycles. The number of anilines is 1. The molecule has 3 rings (SSSR count). The maximum atomic E-state index is 12.3. The number of nitriles is 1. The molecule has 0 aliphatic rings. The van der Waals surface area contributed by atoms with Crippen LogP contribution in [-0.4, -0.2) is 10.9 Å². The highest BCUT2D eigenvalue weighted by molar-refractivity contribution is 7.16. The van der Waals surface area contributed by atoms with E-state index in [1.165, 1.54) is 28.2 Å². The van der Waals surface area contributed by atoms with Crippen molar-refractivity contribution in [2.24, 2.45) is 0 Å². The lowest BCUT2D eigenvalue weighted by atomic mass is 10.1. The van der Waals surface area contributed by atoms with Crippen LogP contribution < -0.4 is 5.32 Å². The Kier molecular flexibility index (Phi) is 5.82. The Balaban J connectivity index is 1.68. The fourth-order valence-corrected chi connectivity index (χ4v) is 4.32. The van der Waals surface area contributed by atoms with Crippen molar-refractivity contribution in [2.45, 2.75) is 33.1 Å². The van der Waals surface area contributed by atoms with Gasteiger partial charge in [0.2, 0.25) is 5.91 Å². The first kappa shape index (κ1) is 18.3. The van der Waals surface area contributed by atoms with E-state index in [2.05, 4.69) is 47.6 Å². The van der Waals surface area contributed by atoms with Gasteiger partial charge in [-0.25, -0.2) is 4.98 Å². The Labute approximate surface area is 161 Å². The van der Waals surface area contributed by atoms with Crippen molar-refractivity contribution in [1.29, 1.82) is 5.26 Å². The molecule has 2 heterocycles. The number of thiophene rings is 1. The van der Waals surface area contributed by atoms with Crippen molar-refractivity contribution in [1.82, 2.24) is 4.98 Å². The molecular weight excluding hydrogens is 362 g/mol. The number of carbonyl (C=O) groups is 1. The first-order valence-corrected chi connectivity index (χ1v) is 10.2. The highest BCUT2D eigenvalue weighted by Gasteiger charge is 2.13. The molecule has 6 heteroatoms. The van der Waals surface area contributed by atoms with Crippen molar-refractivity contribution in [3.8, 4) is 16.6 Å². The van der Waals surface area contributed by atoms with E-state index in [4.69, 9.17) is 0 Å². The number of benzene rings is 1. The molecule has 132 valence electrons. The summed E-state index contributed by atoms with van der Waals surface area (Å²) in [6, 6.07) is 12.3. The number of hydrogen-bond acceptors (Lipinski definition) is 5. The molecular formula is C20H19N3OS2.